The van der Waals surface area contributed by atoms with E-state index >= 15 is 0 Å². The predicted molar refractivity (Wildman–Crippen MR) is 97.9 cm³/mol. The van der Waals surface area contributed by atoms with Crippen LogP contribution in [0.1, 0.15) is 42.7 Å². The molecule has 1 aliphatic rings. The van der Waals surface area contributed by atoms with E-state index in [4.69, 9.17) is 5.73 Å². The molecule has 3 rings (SSSR count). The van der Waals surface area contributed by atoms with E-state index in [1.165, 1.54) is 0 Å². The average molecular weight is 336 g/mol. The standard InChI is InChI=1S/C21H24N2O2/c22-21(25)19-13-7-8-14-23(19)20(24)15-18(16-9-3-1-4-10-16)17-11-5-2-6-12-17/h1-6,9-12,18-19H,7-8,13-15H2,(H2,22,25). The molecule has 130 valence electrons. The summed E-state index contributed by atoms with van der Waals surface area (Å²) in [5.74, 6) is -0.421. The van der Waals surface area contributed by atoms with Crippen LogP contribution in [0, 0.1) is 0 Å². The molecule has 1 aliphatic heterocycles. The van der Waals surface area contributed by atoms with E-state index in [0.717, 1.165) is 24.0 Å². The maximum atomic E-state index is 13.0. The SMILES string of the molecule is NC(=O)C1CCCCN1C(=O)CC(c1ccccc1)c1ccccc1. The fourth-order valence-electron chi connectivity index (χ4n) is 3.62. The second-order valence-corrected chi connectivity index (χ2v) is 6.58. The summed E-state index contributed by atoms with van der Waals surface area (Å²) in [6.45, 7) is 0.614. The highest BCUT2D eigenvalue weighted by Crippen LogP contribution is 2.30. The zero-order valence-corrected chi connectivity index (χ0v) is 14.3. The molecule has 1 saturated heterocycles. The van der Waals surface area contributed by atoms with Crippen LogP contribution in [0.15, 0.2) is 60.7 Å². The Labute approximate surface area is 148 Å². The van der Waals surface area contributed by atoms with Crippen LogP contribution in [0.2, 0.25) is 0 Å². The summed E-state index contributed by atoms with van der Waals surface area (Å²) < 4.78 is 0. The Morgan fingerprint density at radius 3 is 2.04 bits per heavy atom. The Morgan fingerprint density at radius 2 is 1.52 bits per heavy atom. The Balaban J connectivity index is 1.85. The van der Waals surface area contributed by atoms with Gasteiger partial charge < -0.3 is 10.6 Å². The van der Waals surface area contributed by atoms with E-state index in [1.807, 2.05) is 60.7 Å². The number of hydrogen-bond donors (Lipinski definition) is 1. The molecule has 25 heavy (non-hydrogen) atoms. The molecule has 0 aromatic heterocycles. The smallest absolute Gasteiger partial charge is 0.240 e. The summed E-state index contributed by atoms with van der Waals surface area (Å²) in [6, 6.07) is 19.6. The first kappa shape index (κ1) is 17.2. The minimum Gasteiger partial charge on any atom is -0.368 e. The first-order valence-corrected chi connectivity index (χ1v) is 8.85. The van der Waals surface area contributed by atoms with Gasteiger partial charge in [-0.15, -0.1) is 0 Å². The van der Waals surface area contributed by atoms with Gasteiger partial charge >= 0.3 is 0 Å². The number of primary amides is 1. The Morgan fingerprint density at radius 1 is 0.960 bits per heavy atom. The quantitative estimate of drug-likeness (QED) is 0.912. The van der Waals surface area contributed by atoms with Crippen LogP contribution in [0.3, 0.4) is 0 Å². The molecule has 4 heteroatoms. The van der Waals surface area contributed by atoms with E-state index in [2.05, 4.69) is 0 Å². The van der Waals surface area contributed by atoms with Crippen LogP contribution < -0.4 is 5.73 Å². The van der Waals surface area contributed by atoms with Gasteiger partial charge in [-0.1, -0.05) is 60.7 Å². The molecule has 0 aliphatic carbocycles. The van der Waals surface area contributed by atoms with E-state index in [1.54, 1.807) is 4.90 Å². The predicted octanol–water partition coefficient (Wildman–Crippen LogP) is 3.08. The molecule has 0 radical (unpaired) electrons. The highest BCUT2D eigenvalue weighted by Gasteiger charge is 2.32. The highest BCUT2D eigenvalue weighted by atomic mass is 16.2. The lowest BCUT2D eigenvalue weighted by atomic mass is 9.87. The van der Waals surface area contributed by atoms with Crippen molar-refractivity contribution in [1.29, 1.82) is 0 Å². The van der Waals surface area contributed by atoms with Gasteiger partial charge in [0.15, 0.2) is 0 Å². The van der Waals surface area contributed by atoms with Crippen molar-refractivity contribution in [3.05, 3.63) is 71.8 Å². The molecule has 0 spiro atoms. The van der Waals surface area contributed by atoms with E-state index < -0.39 is 11.9 Å². The van der Waals surface area contributed by atoms with Crippen LogP contribution in [0.5, 0.6) is 0 Å². The van der Waals surface area contributed by atoms with Gasteiger partial charge in [0.2, 0.25) is 11.8 Å². The molecule has 1 fully saturated rings. The van der Waals surface area contributed by atoms with Crippen molar-refractivity contribution >= 4 is 11.8 Å². The average Bonchev–Trinajstić information content (AvgIpc) is 2.67. The van der Waals surface area contributed by atoms with Gasteiger partial charge in [0, 0.05) is 18.9 Å². The van der Waals surface area contributed by atoms with Crippen molar-refractivity contribution in [2.45, 2.75) is 37.6 Å². The number of hydrogen-bond acceptors (Lipinski definition) is 2. The van der Waals surface area contributed by atoms with Gasteiger partial charge in [-0.05, 0) is 30.4 Å². The molecule has 2 N–H and O–H groups in total. The van der Waals surface area contributed by atoms with Crippen molar-refractivity contribution in [3.63, 3.8) is 0 Å². The summed E-state index contributed by atoms with van der Waals surface area (Å²) in [5.41, 5.74) is 7.73. The minimum atomic E-state index is -0.464. The minimum absolute atomic E-state index is 0.00112. The van der Waals surface area contributed by atoms with Gasteiger partial charge in [-0.3, -0.25) is 9.59 Å². The van der Waals surface area contributed by atoms with Crippen molar-refractivity contribution in [3.8, 4) is 0 Å². The normalized spacial score (nSPS) is 17.5. The fourth-order valence-corrected chi connectivity index (χ4v) is 3.62. The number of benzene rings is 2. The van der Waals surface area contributed by atoms with Gasteiger partial charge in [0.1, 0.15) is 6.04 Å². The van der Waals surface area contributed by atoms with Gasteiger partial charge in [0.05, 0.1) is 0 Å². The first-order valence-electron chi connectivity index (χ1n) is 8.85. The number of carbonyl (C=O) groups excluding carboxylic acids is 2. The van der Waals surface area contributed by atoms with Crippen LogP contribution >= 0.6 is 0 Å². The van der Waals surface area contributed by atoms with Gasteiger partial charge in [0.25, 0.3) is 0 Å². The third kappa shape index (κ3) is 4.08. The fraction of sp³-hybridized carbons (Fsp3) is 0.333. The summed E-state index contributed by atoms with van der Waals surface area (Å²) in [4.78, 5) is 26.4. The van der Waals surface area contributed by atoms with Gasteiger partial charge in [-0.25, -0.2) is 0 Å². The lowest BCUT2D eigenvalue weighted by Gasteiger charge is -2.34. The third-order valence-electron chi connectivity index (χ3n) is 4.93. The Hall–Kier alpha value is -2.62. The first-order chi connectivity index (χ1) is 12.2. The number of nitrogens with two attached hydrogens (primary N) is 1. The number of piperidine rings is 1. The van der Waals surface area contributed by atoms with Gasteiger partial charge in [-0.2, -0.15) is 0 Å². The van der Waals surface area contributed by atoms with E-state index in [9.17, 15) is 9.59 Å². The molecule has 0 bridgehead atoms. The molecule has 1 heterocycles. The van der Waals surface area contributed by atoms with Crippen LogP contribution in [0.25, 0.3) is 0 Å². The second kappa shape index (κ2) is 7.97. The summed E-state index contributed by atoms with van der Waals surface area (Å²) in [5, 5.41) is 0. The molecular formula is C21H24N2O2. The Bertz CT molecular complexity index is 676. The largest absolute Gasteiger partial charge is 0.368 e. The van der Waals surface area contributed by atoms with Crippen molar-refractivity contribution in [2.24, 2.45) is 5.73 Å². The zero-order chi connectivity index (χ0) is 17.6. The van der Waals surface area contributed by atoms with E-state index in [0.29, 0.717) is 19.4 Å². The summed E-state index contributed by atoms with van der Waals surface area (Å²) in [6.07, 6.45) is 2.88. The Kier molecular flexibility index (Phi) is 5.49. The van der Waals surface area contributed by atoms with Crippen molar-refractivity contribution in [1.82, 2.24) is 4.90 Å². The molecular weight excluding hydrogens is 312 g/mol. The number of rotatable bonds is 5. The summed E-state index contributed by atoms with van der Waals surface area (Å²) in [7, 11) is 0. The monoisotopic (exact) mass is 336 g/mol. The summed E-state index contributed by atoms with van der Waals surface area (Å²) >= 11 is 0. The molecule has 0 saturated carbocycles. The molecule has 2 amide bonds. The number of amides is 2. The lowest BCUT2D eigenvalue weighted by molar-refractivity contribution is -0.141. The number of likely N-dealkylation sites (tertiary alicyclic amines) is 1. The zero-order valence-electron chi connectivity index (χ0n) is 14.3. The van der Waals surface area contributed by atoms with Crippen molar-refractivity contribution in [2.75, 3.05) is 6.54 Å². The number of nitrogens with zero attached hydrogens (tertiary/aromatic N) is 1. The topological polar surface area (TPSA) is 63.4 Å². The molecule has 2 aromatic carbocycles. The maximum absolute atomic E-state index is 13.0. The maximum Gasteiger partial charge on any atom is 0.240 e. The molecule has 1 unspecified atom stereocenters. The van der Waals surface area contributed by atoms with Crippen LogP contribution in [-0.4, -0.2) is 29.3 Å². The van der Waals surface area contributed by atoms with Crippen molar-refractivity contribution < 1.29 is 9.59 Å². The van der Waals surface area contributed by atoms with E-state index in [-0.39, 0.29) is 11.8 Å². The van der Waals surface area contributed by atoms with Crippen LogP contribution in [0.4, 0.5) is 0 Å². The lowest BCUT2D eigenvalue weighted by Crippen LogP contribution is -2.50. The number of carbonyl (C=O) groups is 2. The molecule has 4 nitrogen and oxygen atoms in total. The molecule has 2 aromatic rings. The molecule has 1 atom stereocenters. The highest BCUT2D eigenvalue weighted by molar-refractivity contribution is 5.87. The van der Waals surface area contributed by atoms with Crippen LogP contribution in [-0.2, 0) is 9.59 Å². The second-order valence-electron chi connectivity index (χ2n) is 6.58. The third-order valence-corrected chi connectivity index (χ3v) is 4.93.